The molecule has 0 radical (unpaired) electrons. The summed E-state index contributed by atoms with van der Waals surface area (Å²) in [5, 5.41) is 18.2. The molecule has 4 N–H and O–H groups in total. The van der Waals surface area contributed by atoms with Crippen molar-refractivity contribution in [3.8, 4) is 0 Å². The molecule has 238 valence electrons. The molecule has 0 aliphatic carbocycles. The van der Waals surface area contributed by atoms with E-state index >= 15 is 0 Å². The molecule has 6 rings (SSSR count). The first-order chi connectivity index (χ1) is 21.9. The zero-order chi connectivity index (χ0) is 31.4. The van der Waals surface area contributed by atoms with E-state index in [4.69, 9.17) is 9.47 Å². The van der Waals surface area contributed by atoms with E-state index in [1.54, 1.807) is 0 Å². The van der Waals surface area contributed by atoms with Gasteiger partial charge in [-0.3, -0.25) is 4.79 Å². The molecule has 3 fully saturated rings. The topological polar surface area (TPSA) is 115 Å². The van der Waals surface area contributed by atoms with Crippen LogP contribution in [0.5, 0.6) is 0 Å². The summed E-state index contributed by atoms with van der Waals surface area (Å²) in [5.74, 6) is 0.157. The highest BCUT2D eigenvalue weighted by Crippen LogP contribution is 2.43. The van der Waals surface area contributed by atoms with Crippen molar-refractivity contribution in [3.63, 3.8) is 0 Å². The lowest BCUT2D eigenvalue weighted by Gasteiger charge is -2.46. The van der Waals surface area contributed by atoms with Crippen LogP contribution in [-0.2, 0) is 20.9 Å². The molecule has 0 aromatic heterocycles. The molecule has 0 saturated carbocycles. The average Bonchev–Trinajstić information content (AvgIpc) is 3.38. The van der Waals surface area contributed by atoms with E-state index in [0.717, 1.165) is 48.3 Å². The van der Waals surface area contributed by atoms with E-state index in [-0.39, 0.29) is 36.7 Å². The van der Waals surface area contributed by atoms with Crippen LogP contribution in [-0.4, -0.2) is 66.4 Å². The van der Waals surface area contributed by atoms with Crippen molar-refractivity contribution in [1.82, 2.24) is 15.5 Å². The number of piperidine rings is 1. The third-order valence-electron chi connectivity index (χ3n) is 9.43. The molecule has 45 heavy (non-hydrogen) atoms. The van der Waals surface area contributed by atoms with Crippen LogP contribution >= 0.6 is 0 Å². The van der Waals surface area contributed by atoms with E-state index in [1.807, 2.05) is 73.7 Å². The van der Waals surface area contributed by atoms with Gasteiger partial charge in [0.15, 0.2) is 6.29 Å². The van der Waals surface area contributed by atoms with Crippen molar-refractivity contribution in [1.29, 1.82) is 0 Å². The number of rotatable bonds is 8. The van der Waals surface area contributed by atoms with Crippen molar-refractivity contribution in [3.05, 3.63) is 95.6 Å². The summed E-state index contributed by atoms with van der Waals surface area (Å²) >= 11 is 0. The third-order valence-corrected chi connectivity index (χ3v) is 9.43. The molecule has 10 nitrogen and oxygen atoms in total. The molecule has 3 heterocycles. The van der Waals surface area contributed by atoms with Crippen molar-refractivity contribution < 1.29 is 24.2 Å². The van der Waals surface area contributed by atoms with Crippen LogP contribution in [0.3, 0.4) is 0 Å². The number of amides is 3. The van der Waals surface area contributed by atoms with Crippen molar-refractivity contribution in [2.24, 2.45) is 5.92 Å². The molecule has 4 atom stereocenters. The fourth-order valence-corrected chi connectivity index (χ4v) is 6.78. The number of urea groups is 1. The van der Waals surface area contributed by atoms with Gasteiger partial charge in [-0.2, -0.15) is 0 Å². The maximum absolute atomic E-state index is 13.2. The van der Waals surface area contributed by atoms with Crippen molar-refractivity contribution >= 4 is 23.3 Å². The van der Waals surface area contributed by atoms with Crippen LogP contribution in [0.1, 0.15) is 55.8 Å². The standard InChI is InChI=1S/C35H43N5O5/c1-3-36-34(43)38-28-15-13-27(14-16-28)32-44-30(24(2)31(45-32)26-11-9-25(22-41)10-12-26)21-39-19-17-35(18-20-39)33(42)37-23-40(35)29-7-5-4-6-8-29/h4-16,24,30-32,41H,3,17-23H2,1-2H3,(H,37,42)(H2,36,38,43)/t24-,30+,31+,32+/m0/s1. The highest BCUT2D eigenvalue weighted by atomic mass is 16.7. The quantitative estimate of drug-likeness (QED) is 0.295. The summed E-state index contributed by atoms with van der Waals surface area (Å²) < 4.78 is 13.3. The van der Waals surface area contributed by atoms with Crippen LogP contribution < -0.4 is 20.9 Å². The maximum Gasteiger partial charge on any atom is 0.319 e. The summed E-state index contributed by atoms with van der Waals surface area (Å²) in [6.45, 7) is 7.38. The zero-order valence-corrected chi connectivity index (χ0v) is 25.9. The molecule has 0 bridgehead atoms. The van der Waals surface area contributed by atoms with Gasteiger partial charge in [-0.25, -0.2) is 4.79 Å². The molecule has 3 saturated heterocycles. The Morgan fingerprint density at radius 3 is 2.33 bits per heavy atom. The van der Waals surface area contributed by atoms with Gasteiger partial charge in [0, 0.05) is 49.0 Å². The number of ether oxygens (including phenoxy) is 2. The van der Waals surface area contributed by atoms with Gasteiger partial charge >= 0.3 is 6.03 Å². The smallest absolute Gasteiger partial charge is 0.319 e. The number of aliphatic hydroxyl groups excluding tert-OH is 1. The number of hydrogen-bond donors (Lipinski definition) is 4. The SMILES string of the molecule is CCNC(=O)Nc1ccc([C@@H]2O[C@H](CN3CCC4(CC3)C(=O)NCN4c3ccccc3)[C@H](C)[C@H](c3ccc(CO)cc3)O2)cc1. The third kappa shape index (κ3) is 6.55. The Morgan fingerprint density at radius 1 is 0.978 bits per heavy atom. The minimum atomic E-state index is -0.599. The number of para-hydroxylation sites is 1. The first-order valence-electron chi connectivity index (χ1n) is 15.9. The predicted molar refractivity (Wildman–Crippen MR) is 172 cm³/mol. The number of carbonyl (C=O) groups is 2. The number of carbonyl (C=O) groups excluding carboxylic acids is 2. The van der Waals surface area contributed by atoms with Crippen molar-refractivity contribution in [2.45, 2.75) is 57.3 Å². The minimum absolute atomic E-state index is 0.0114. The highest BCUT2D eigenvalue weighted by Gasteiger charge is 2.51. The van der Waals surface area contributed by atoms with E-state index in [0.29, 0.717) is 25.4 Å². The van der Waals surface area contributed by atoms with Gasteiger partial charge in [-0.15, -0.1) is 0 Å². The number of hydrogen-bond acceptors (Lipinski definition) is 7. The van der Waals surface area contributed by atoms with Gasteiger partial charge in [-0.05, 0) is 55.2 Å². The van der Waals surface area contributed by atoms with Gasteiger partial charge in [-0.1, -0.05) is 61.5 Å². The van der Waals surface area contributed by atoms with Crippen LogP contribution in [0.25, 0.3) is 0 Å². The molecule has 0 unspecified atom stereocenters. The van der Waals surface area contributed by atoms with E-state index in [1.165, 1.54) is 0 Å². The van der Waals surface area contributed by atoms with Crippen LogP contribution in [0.15, 0.2) is 78.9 Å². The molecule has 3 aliphatic rings. The molecular weight excluding hydrogens is 570 g/mol. The normalized spacial score (nSPS) is 24.8. The fraction of sp³-hybridized carbons (Fsp3) is 0.429. The lowest BCUT2D eigenvalue weighted by Crippen LogP contribution is -2.57. The Kier molecular flexibility index (Phi) is 9.37. The predicted octanol–water partition coefficient (Wildman–Crippen LogP) is 4.54. The largest absolute Gasteiger partial charge is 0.392 e. The fourth-order valence-electron chi connectivity index (χ4n) is 6.78. The average molecular weight is 614 g/mol. The molecule has 3 amide bonds. The second-order valence-corrected chi connectivity index (χ2v) is 12.2. The number of aliphatic hydroxyl groups is 1. The Hall–Kier alpha value is -3.96. The highest BCUT2D eigenvalue weighted by molar-refractivity contribution is 5.93. The van der Waals surface area contributed by atoms with E-state index in [2.05, 4.69) is 44.8 Å². The molecule has 3 aromatic carbocycles. The van der Waals surface area contributed by atoms with E-state index < -0.39 is 11.8 Å². The molecule has 3 aromatic rings. The zero-order valence-electron chi connectivity index (χ0n) is 25.9. The summed E-state index contributed by atoms with van der Waals surface area (Å²) in [7, 11) is 0. The van der Waals surface area contributed by atoms with Gasteiger partial charge in [0.2, 0.25) is 5.91 Å². The maximum atomic E-state index is 13.2. The second-order valence-electron chi connectivity index (χ2n) is 12.2. The Morgan fingerprint density at radius 2 is 1.67 bits per heavy atom. The second kappa shape index (κ2) is 13.6. The van der Waals surface area contributed by atoms with E-state index in [9.17, 15) is 14.7 Å². The number of likely N-dealkylation sites (tertiary alicyclic amines) is 1. The van der Waals surface area contributed by atoms with Crippen molar-refractivity contribution in [2.75, 3.05) is 43.1 Å². The Balaban J connectivity index is 1.18. The van der Waals surface area contributed by atoms with Gasteiger partial charge in [0.05, 0.1) is 25.5 Å². The molecule has 1 spiro atoms. The minimum Gasteiger partial charge on any atom is -0.392 e. The van der Waals surface area contributed by atoms with Crippen LogP contribution in [0.4, 0.5) is 16.2 Å². The lowest BCUT2D eigenvalue weighted by molar-refractivity contribution is -0.276. The van der Waals surface area contributed by atoms with Gasteiger partial charge in [0.25, 0.3) is 0 Å². The van der Waals surface area contributed by atoms with Gasteiger partial charge in [0.1, 0.15) is 5.54 Å². The molecule has 3 aliphatic heterocycles. The first kappa shape index (κ1) is 31.0. The summed E-state index contributed by atoms with van der Waals surface area (Å²) in [5.41, 5.74) is 3.96. The molecular formula is C35H43N5O5. The number of nitrogens with one attached hydrogen (secondary N) is 3. The van der Waals surface area contributed by atoms with Crippen LogP contribution in [0.2, 0.25) is 0 Å². The van der Waals surface area contributed by atoms with Crippen LogP contribution in [0, 0.1) is 5.92 Å². The monoisotopic (exact) mass is 613 g/mol. The summed E-state index contributed by atoms with van der Waals surface area (Å²) in [4.78, 5) is 29.8. The Bertz CT molecular complexity index is 1440. The lowest BCUT2D eigenvalue weighted by atomic mass is 9.84. The number of benzene rings is 3. The van der Waals surface area contributed by atoms with Gasteiger partial charge < -0.3 is 40.3 Å². The summed E-state index contributed by atoms with van der Waals surface area (Å²) in [6.07, 6.45) is 0.524. The number of anilines is 2. The number of nitrogens with zero attached hydrogens (tertiary/aromatic N) is 2. The Labute approximate surface area is 264 Å². The summed E-state index contributed by atoms with van der Waals surface area (Å²) in [6, 6.07) is 25.4. The molecule has 10 heteroatoms. The first-order valence-corrected chi connectivity index (χ1v) is 15.9.